The van der Waals surface area contributed by atoms with Crippen molar-refractivity contribution < 1.29 is 8.83 Å². The molecule has 0 spiro atoms. The summed E-state index contributed by atoms with van der Waals surface area (Å²) < 4.78 is 14.7. The molecule has 0 fully saturated rings. The summed E-state index contributed by atoms with van der Waals surface area (Å²) in [6, 6.07) is 42.0. The second-order valence-electron chi connectivity index (χ2n) is 12.1. The number of rotatable bonds is 4. The summed E-state index contributed by atoms with van der Waals surface area (Å²) in [6.45, 7) is 6.54. The summed E-state index contributed by atoms with van der Waals surface area (Å²) in [4.78, 5) is 9.57. The van der Waals surface area contributed by atoms with Gasteiger partial charge in [-0.2, -0.15) is 0 Å². The molecule has 0 atom stereocenters. The van der Waals surface area contributed by atoms with Crippen LogP contribution in [0.5, 0.6) is 0 Å². The van der Waals surface area contributed by atoms with Gasteiger partial charge in [-0.25, -0.2) is 9.97 Å². The van der Waals surface area contributed by atoms with Crippen LogP contribution in [0.15, 0.2) is 130 Å². The normalized spacial score (nSPS) is 11.8. The molecule has 0 aliphatic heterocycles. The Hall–Kier alpha value is -5.94. The van der Waals surface area contributed by atoms with Crippen LogP contribution >= 0.6 is 0 Å². The standard InChI is InChI=1S/C41H29N3O2/c1-24-20-25(2)39(26(3)21-24)27-12-16-30(17-13-27)44-35-18-14-28(40-42-33-8-4-6-10-37(33)45-40)22-31(35)32-23-29(15-19-36(32)44)41-43-34-9-5-7-11-38(34)46-41/h4-23H,1-3H3. The highest BCUT2D eigenvalue weighted by Crippen LogP contribution is 2.38. The van der Waals surface area contributed by atoms with E-state index in [9.17, 15) is 0 Å². The Kier molecular flexibility index (Phi) is 5.78. The fourth-order valence-corrected chi connectivity index (χ4v) is 6.97. The molecule has 0 amide bonds. The summed E-state index contributed by atoms with van der Waals surface area (Å²) in [6.07, 6.45) is 0. The average Bonchev–Trinajstić information content (AvgIpc) is 3.78. The summed E-state index contributed by atoms with van der Waals surface area (Å²) >= 11 is 0. The largest absolute Gasteiger partial charge is 0.436 e. The zero-order chi connectivity index (χ0) is 30.9. The van der Waals surface area contributed by atoms with E-state index < -0.39 is 0 Å². The maximum atomic E-state index is 6.17. The molecule has 6 aromatic carbocycles. The lowest BCUT2D eigenvalue weighted by atomic mass is 9.94. The molecule has 0 radical (unpaired) electrons. The molecule has 0 N–H and O–H groups in total. The molecule has 0 bridgehead atoms. The minimum Gasteiger partial charge on any atom is -0.436 e. The van der Waals surface area contributed by atoms with Crippen LogP contribution in [0, 0.1) is 20.8 Å². The lowest BCUT2D eigenvalue weighted by Gasteiger charge is -2.13. The third kappa shape index (κ3) is 4.16. The summed E-state index contributed by atoms with van der Waals surface area (Å²) in [5.41, 5.74) is 14.8. The van der Waals surface area contributed by atoms with E-state index in [0.717, 1.165) is 60.8 Å². The number of aryl methyl sites for hydroxylation is 3. The van der Waals surface area contributed by atoms with Gasteiger partial charge < -0.3 is 13.4 Å². The van der Waals surface area contributed by atoms with Crippen LogP contribution in [0.25, 0.3) is 83.7 Å². The van der Waals surface area contributed by atoms with Crippen molar-refractivity contribution in [1.82, 2.24) is 14.5 Å². The highest BCUT2D eigenvalue weighted by Gasteiger charge is 2.18. The topological polar surface area (TPSA) is 57.0 Å². The van der Waals surface area contributed by atoms with Crippen molar-refractivity contribution in [3.63, 3.8) is 0 Å². The lowest BCUT2D eigenvalue weighted by Crippen LogP contribution is -1.95. The number of hydrogen-bond acceptors (Lipinski definition) is 4. The van der Waals surface area contributed by atoms with Crippen LogP contribution in [-0.2, 0) is 0 Å². The Morgan fingerprint density at radius 2 is 0.978 bits per heavy atom. The highest BCUT2D eigenvalue weighted by molar-refractivity contribution is 6.11. The summed E-state index contributed by atoms with van der Waals surface area (Å²) in [5.74, 6) is 1.21. The molecule has 0 aliphatic carbocycles. The molecule has 46 heavy (non-hydrogen) atoms. The second kappa shape index (κ2) is 10.0. The Balaban J connectivity index is 1.24. The lowest BCUT2D eigenvalue weighted by molar-refractivity contribution is 0.619. The first-order valence-corrected chi connectivity index (χ1v) is 15.5. The maximum absolute atomic E-state index is 6.17. The molecule has 5 heteroatoms. The fraction of sp³-hybridized carbons (Fsp3) is 0.0732. The maximum Gasteiger partial charge on any atom is 0.227 e. The van der Waals surface area contributed by atoms with Crippen molar-refractivity contribution >= 4 is 44.0 Å². The van der Waals surface area contributed by atoms with Crippen molar-refractivity contribution in [3.05, 3.63) is 138 Å². The molecule has 9 aromatic rings. The Bertz CT molecular complexity index is 2400. The summed E-state index contributed by atoms with van der Waals surface area (Å²) in [5, 5.41) is 2.20. The van der Waals surface area contributed by atoms with Crippen LogP contribution in [0.4, 0.5) is 0 Å². The van der Waals surface area contributed by atoms with Gasteiger partial charge in [-0.1, -0.05) is 54.1 Å². The van der Waals surface area contributed by atoms with Gasteiger partial charge in [0.05, 0.1) is 11.0 Å². The van der Waals surface area contributed by atoms with Crippen molar-refractivity contribution in [2.45, 2.75) is 20.8 Å². The number of hydrogen-bond donors (Lipinski definition) is 0. The minimum absolute atomic E-state index is 0.604. The number of aromatic nitrogens is 3. The first-order valence-electron chi connectivity index (χ1n) is 15.5. The van der Waals surface area contributed by atoms with Crippen LogP contribution in [-0.4, -0.2) is 14.5 Å². The number of oxazole rings is 2. The van der Waals surface area contributed by atoms with E-state index >= 15 is 0 Å². The van der Waals surface area contributed by atoms with Crippen LogP contribution in [0.1, 0.15) is 16.7 Å². The first kappa shape index (κ1) is 26.5. The third-order valence-corrected chi connectivity index (χ3v) is 8.94. The third-order valence-electron chi connectivity index (χ3n) is 8.94. The van der Waals surface area contributed by atoms with Gasteiger partial charge in [-0.3, -0.25) is 0 Å². The molecule has 3 aromatic heterocycles. The predicted octanol–water partition coefficient (Wildman–Crippen LogP) is 11.0. The van der Waals surface area contributed by atoms with Crippen molar-refractivity contribution in [3.8, 4) is 39.7 Å². The van der Waals surface area contributed by atoms with Crippen molar-refractivity contribution in [2.75, 3.05) is 0 Å². The number of benzene rings is 6. The van der Waals surface area contributed by atoms with E-state index in [1.165, 1.54) is 27.8 Å². The molecule has 0 saturated heterocycles. The monoisotopic (exact) mass is 595 g/mol. The number of fused-ring (bicyclic) bond motifs is 5. The first-order chi connectivity index (χ1) is 22.5. The van der Waals surface area contributed by atoms with E-state index in [-0.39, 0.29) is 0 Å². The SMILES string of the molecule is Cc1cc(C)c(-c2ccc(-n3c4ccc(-c5nc6ccccc6o5)cc4c4cc(-c5nc6ccccc6o5)ccc43)cc2)c(C)c1. The van der Waals surface area contributed by atoms with E-state index in [1.54, 1.807) is 0 Å². The zero-order valence-corrected chi connectivity index (χ0v) is 25.7. The van der Waals surface area contributed by atoms with Crippen LogP contribution in [0.3, 0.4) is 0 Å². The van der Waals surface area contributed by atoms with Gasteiger partial charge in [0.15, 0.2) is 11.2 Å². The molecule has 3 heterocycles. The Labute approximate surface area is 265 Å². The molecule has 5 nitrogen and oxygen atoms in total. The minimum atomic E-state index is 0.604. The molecule has 0 saturated carbocycles. The number of para-hydroxylation sites is 4. The van der Waals surface area contributed by atoms with Gasteiger partial charge in [0.1, 0.15) is 11.0 Å². The molecular weight excluding hydrogens is 566 g/mol. The predicted molar refractivity (Wildman–Crippen MR) is 186 cm³/mol. The van der Waals surface area contributed by atoms with Gasteiger partial charge in [-0.15, -0.1) is 0 Å². The van der Waals surface area contributed by atoms with Crippen LogP contribution < -0.4 is 0 Å². The molecule has 9 rings (SSSR count). The Morgan fingerprint density at radius 3 is 1.48 bits per heavy atom. The fourth-order valence-electron chi connectivity index (χ4n) is 6.97. The molecule has 0 unspecified atom stereocenters. The average molecular weight is 596 g/mol. The van der Waals surface area contributed by atoms with E-state index in [1.807, 2.05) is 48.5 Å². The quantitative estimate of drug-likeness (QED) is 0.203. The van der Waals surface area contributed by atoms with E-state index in [4.69, 9.17) is 18.8 Å². The van der Waals surface area contributed by atoms with Gasteiger partial charge in [0.25, 0.3) is 0 Å². The van der Waals surface area contributed by atoms with Gasteiger partial charge in [-0.05, 0) is 116 Å². The van der Waals surface area contributed by atoms with Gasteiger partial charge >= 0.3 is 0 Å². The van der Waals surface area contributed by atoms with E-state index in [2.05, 4.69) is 98.1 Å². The highest BCUT2D eigenvalue weighted by atomic mass is 16.4. The van der Waals surface area contributed by atoms with E-state index in [0.29, 0.717) is 11.8 Å². The smallest absolute Gasteiger partial charge is 0.227 e. The van der Waals surface area contributed by atoms with Gasteiger partial charge in [0, 0.05) is 27.6 Å². The van der Waals surface area contributed by atoms with Crippen LogP contribution in [0.2, 0.25) is 0 Å². The molecular formula is C41H29N3O2. The molecule has 0 aliphatic rings. The second-order valence-corrected chi connectivity index (χ2v) is 12.1. The summed E-state index contributed by atoms with van der Waals surface area (Å²) in [7, 11) is 0. The Morgan fingerprint density at radius 1 is 0.500 bits per heavy atom. The van der Waals surface area contributed by atoms with Gasteiger partial charge in [0.2, 0.25) is 11.8 Å². The van der Waals surface area contributed by atoms with Crippen molar-refractivity contribution in [2.24, 2.45) is 0 Å². The number of nitrogens with zero attached hydrogens (tertiary/aromatic N) is 3. The van der Waals surface area contributed by atoms with Crippen molar-refractivity contribution in [1.29, 1.82) is 0 Å². The zero-order valence-electron chi connectivity index (χ0n) is 25.7. The molecule has 220 valence electrons.